The molecule has 0 radical (unpaired) electrons. The van der Waals surface area contributed by atoms with Crippen LogP contribution in [0.2, 0.25) is 0 Å². The van der Waals surface area contributed by atoms with E-state index in [2.05, 4.69) is 36.6 Å². The van der Waals surface area contributed by atoms with Crippen molar-refractivity contribution >= 4 is 38.3 Å². The van der Waals surface area contributed by atoms with E-state index in [1.165, 1.54) is 0 Å². The summed E-state index contributed by atoms with van der Waals surface area (Å²) in [5.41, 5.74) is 0. The number of carbonyl (C=O) groups is 1. The lowest BCUT2D eigenvalue weighted by molar-refractivity contribution is -0.128. The third kappa shape index (κ3) is 8.34. The highest BCUT2D eigenvalue weighted by Crippen LogP contribution is 2.11. The van der Waals surface area contributed by atoms with E-state index in [1.807, 2.05) is 0 Å². The van der Waals surface area contributed by atoms with Gasteiger partial charge >= 0.3 is 0 Å². The molecule has 0 aromatic rings. The largest absolute Gasteiger partial charge is 0.468 e. The Labute approximate surface area is 83.9 Å². The van der Waals surface area contributed by atoms with Gasteiger partial charge in [-0.1, -0.05) is 31.9 Å². The second-order valence-electron chi connectivity index (χ2n) is 2.21. The van der Waals surface area contributed by atoms with E-state index in [1.54, 1.807) is 0 Å². The predicted octanol–water partition coefficient (Wildman–Crippen LogP) is 2.49. The lowest BCUT2D eigenvalue weighted by Gasteiger charge is -2.03. The van der Waals surface area contributed by atoms with E-state index >= 15 is 0 Å². The van der Waals surface area contributed by atoms with E-state index in [0.29, 0.717) is 17.9 Å². The molecule has 0 aromatic carbocycles. The molecule has 0 saturated carbocycles. The minimum absolute atomic E-state index is 0.496. The monoisotopic (exact) mass is 286 g/mol. The standard InChI is InChI=1S/C7H12Br2O2/c8-5-7(9)3-1-2-4-11-6-10/h6-7H,1-5H2. The zero-order valence-corrected chi connectivity index (χ0v) is 9.43. The van der Waals surface area contributed by atoms with Crippen LogP contribution in [-0.4, -0.2) is 23.2 Å². The first kappa shape index (κ1) is 11.4. The van der Waals surface area contributed by atoms with Crippen molar-refractivity contribution in [2.75, 3.05) is 11.9 Å². The molecule has 0 aliphatic heterocycles. The van der Waals surface area contributed by atoms with Crippen LogP contribution in [0.5, 0.6) is 0 Å². The quantitative estimate of drug-likeness (QED) is 0.409. The Hall–Kier alpha value is 0.430. The first-order valence-corrected chi connectivity index (χ1v) is 5.60. The SMILES string of the molecule is O=COCCCCC(Br)CBr. The van der Waals surface area contributed by atoms with Gasteiger partial charge in [-0.15, -0.1) is 0 Å². The molecule has 0 aromatic heterocycles. The number of rotatable bonds is 7. The third-order valence-corrected chi connectivity index (χ3v) is 3.70. The van der Waals surface area contributed by atoms with Crippen LogP contribution < -0.4 is 0 Å². The molecule has 2 nitrogen and oxygen atoms in total. The van der Waals surface area contributed by atoms with Crippen LogP contribution >= 0.6 is 31.9 Å². The minimum atomic E-state index is 0.496. The number of unbranched alkanes of at least 4 members (excludes halogenated alkanes) is 1. The number of carbonyl (C=O) groups excluding carboxylic acids is 1. The Balaban J connectivity index is 2.95. The van der Waals surface area contributed by atoms with Gasteiger partial charge in [0.25, 0.3) is 6.47 Å². The molecular formula is C7H12Br2O2. The van der Waals surface area contributed by atoms with Crippen LogP contribution in [0.25, 0.3) is 0 Å². The molecule has 0 heterocycles. The highest BCUT2D eigenvalue weighted by atomic mass is 79.9. The number of hydrogen-bond donors (Lipinski definition) is 0. The van der Waals surface area contributed by atoms with Gasteiger partial charge in [0.2, 0.25) is 0 Å². The van der Waals surface area contributed by atoms with Gasteiger partial charge in [-0.3, -0.25) is 4.79 Å². The molecule has 0 aliphatic rings. The molecule has 4 heteroatoms. The van der Waals surface area contributed by atoms with Gasteiger partial charge in [0.15, 0.2) is 0 Å². The number of hydrogen-bond acceptors (Lipinski definition) is 2. The molecule has 0 amide bonds. The van der Waals surface area contributed by atoms with Crippen molar-refractivity contribution in [1.82, 2.24) is 0 Å². The van der Waals surface area contributed by atoms with Crippen molar-refractivity contribution in [1.29, 1.82) is 0 Å². The average Bonchev–Trinajstić information content (AvgIpc) is 2.04. The Morgan fingerprint density at radius 1 is 1.45 bits per heavy atom. The molecule has 0 saturated heterocycles. The first-order chi connectivity index (χ1) is 5.31. The fourth-order valence-corrected chi connectivity index (χ4v) is 1.32. The van der Waals surface area contributed by atoms with E-state index in [4.69, 9.17) is 0 Å². The van der Waals surface area contributed by atoms with Crippen LogP contribution in [0.15, 0.2) is 0 Å². The van der Waals surface area contributed by atoms with Gasteiger partial charge in [-0.2, -0.15) is 0 Å². The van der Waals surface area contributed by atoms with E-state index in [-0.39, 0.29) is 0 Å². The summed E-state index contributed by atoms with van der Waals surface area (Å²) in [6, 6.07) is 0. The summed E-state index contributed by atoms with van der Waals surface area (Å²) in [5, 5.41) is 0.974. The van der Waals surface area contributed by atoms with Crippen molar-refractivity contribution in [2.24, 2.45) is 0 Å². The molecule has 0 bridgehead atoms. The summed E-state index contributed by atoms with van der Waals surface area (Å²) in [6.07, 6.45) is 3.16. The Morgan fingerprint density at radius 3 is 2.73 bits per heavy atom. The van der Waals surface area contributed by atoms with Gasteiger partial charge in [-0.25, -0.2) is 0 Å². The van der Waals surface area contributed by atoms with Gasteiger partial charge in [0.1, 0.15) is 0 Å². The van der Waals surface area contributed by atoms with E-state index < -0.39 is 0 Å². The van der Waals surface area contributed by atoms with Crippen LogP contribution in [0.1, 0.15) is 19.3 Å². The molecule has 66 valence electrons. The maximum Gasteiger partial charge on any atom is 0.293 e. The summed E-state index contributed by atoms with van der Waals surface area (Å²) in [5.74, 6) is 0. The van der Waals surface area contributed by atoms with Gasteiger partial charge < -0.3 is 4.74 Å². The fraction of sp³-hybridized carbons (Fsp3) is 0.857. The highest BCUT2D eigenvalue weighted by Gasteiger charge is 2.00. The Kier molecular flexibility index (Phi) is 8.86. The highest BCUT2D eigenvalue weighted by molar-refractivity contribution is 9.12. The molecule has 11 heavy (non-hydrogen) atoms. The van der Waals surface area contributed by atoms with Crippen molar-refractivity contribution in [3.05, 3.63) is 0 Å². The molecule has 0 fully saturated rings. The summed E-state index contributed by atoms with van der Waals surface area (Å²) >= 11 is 6.85. The molecule has 0 N–H and O–H groups in total. The molecule has 0 rings (SSSR count). The van der Waals surface area contributed by atoms with Crippen LogP contribution in [0, 0.1) is 0 Å². The molecule has 0 aliphatic carbocycles. The third-order valence-electron chi connectivity index (χ3n) is 1.27. The fourth-order valence-electron chi connectivity index (χ4n) is 0.676. The zero-order valence-electron chi connectivity index (χ0n) is 6.26. The topological polar surface area (TPSA) is 26.3 Å². The van der Waals surface area contributed by atoms with Gasteiger partial charge in [-0.05, 0) is 19.3 Å². The lowest BCUT2D eigenvalue weighted by atomic mass is 10.2. The second-order valence-corrected chi connectivity index (χ2v) is 4.16. The number of halogens is 2. The van der Waals surface area contributed by atoms with Crippen LogP contribution in [-0.2, 0) is 9.53 Å². The maximum atomic E-state index is 9.72. The summed E-state index contributed by atoms with van der Waals surface area (Å²) in [7, 11) is 0. The lowest BCUT2D eigenvalue weighted by Crippen LogP contribution is -2.00. The Bertz CT molecular complexity index is 98.4. The molecule has 1 unspecified atom stereocenters. The van der Waals surface area contributed by atoms with Crippen LogP contribution in [0.4, 0.5) is 0 Å². The second kappa shape index (κ2) is 8.53. The van der Waals surface area contributed by atoms with Crippen molar-refractivity contribution in [3.8, 4) is 0 Å². The summed E-state index contributed by atoms with van der Waals surface area (Å²) < 4.78 is 4.54. The zero-order chi connectivity index (χ0) is 8.53. The van der Waals surface area contributed by atoms with E-state index in [9.17, 15) is 4.79 Å². The maximum absolute atomic E-state index is 9.72. The smallest absolute Gasteiger partial charge is 0.293 e. The Morgan fingerprint density at radius 2 is 2.18 bits per heavy atom. The van der Waals surface area contributed by atoms with Crippen LogP contribution in [0.3, 0.4) is 0 Å². The van der Waals surface area contributed by atoms with Crippen molar-refractivity contribution in [3.63, 3.8) is 0 Å². The summed E-state index contributed by atoms with van der Waals surface area (Å²) in [4.78, 5) is 10.3. The summed E-state index contributed by atoms with van der Waals surface area (Å²) in [6.45, 7) is 1.04. The van der Waals surface area contributed by atoms with Gasteiger partial charge in [0.05, 0.1) is 6.61 Å². The molecular weight excluding hydrogens is 276 g/mol. The molecule has 0 spiro atoms. The first-order valence-electron chi connectivity index (χ1n) is 3.56. The number of alkyl halides is 2. The van der Waals surface area contributed by atoms with Crippen molar-refractivity contribution in [2.45, 2.75) is 24.1 Å². The molecule has 1 atom stereocenters. The van der Waals surface area contributed by atoms with Crippen molar-refractivity contribution < 1.29 is 9.53 Å². The average molecular weight is 288 g/mol. The predicted molar refractivity (Wildman–Crippen MR) is 52.4 cm³/mol. The normalized spacial score (nSPS) is 12.5. The number of ether oxygens (including phenoxy) is 1. The van der Waals surface area contributed by atoms with Gasteiger partial charge in [0, 0.05) is 10.2 Å². The van der Waals surface area contributed by atoms with E-state index in [0.717, 1.165) is 24.6 Å². The minimum Gasteiger partial charge on any atom is -0.468 e.